The molecule has 1 aromatic rings. The lowest BCUT2D eigenvalue weighted by molar-refractivity contribution is 0.0806. The Morgan fingerprint density at radius 2 is 2.11 bits per heavy atom. The summed E-state index contributed by atoms with van der Waals surface area (Å²) in [5.74, 6) is 0. The second-order valence-corrected chi connectivity index (χ2v) is 4.99. The zero-order valence-electron chi connectivity index (χ0n) is 11.7. The van der Waals surface area contributed by atoms with Gasteiger partial charge < -0.3 is 15.4 Å². The first kappa shape index (κ1) is 13.9. The molecule has 4 heteroatoms. The number of aryl methyl sites for hydroxylation is 2. The van der Waals surface area contributed by atoms with Crippen LogP contribution in [0.25, 0.3) is 0 Å². The van der Waals surface area contributed by atoms with E-state index in [-0.39, 0.29) is 12.1 Å². The number of rotatable bonds is 3. The van der Waals surface area contributed by atoms with Gasteiger partial charge in [-0.25, -0.2) is 4.79 Å². The van der Waals surface area contributed by atoms with Crippen LogP contribution in [0.3, 0.4) is 0 Å². The predicted octanol–water partition coefficient (Wildman–Crippen LogP) is 2.86. The third-order valence-electron chi connectivity index (χ3n) is 3.51. The Hall–Kier alpha value is -1.55. The number of urea groups is 1. The van der Waals surface area contributed by atoms with Crippen molar-refractivity contribution in [2.75, 3.05) is 18.5 Å². The molecule has 104 valence electrons. The Balaban J connectivity index is 1.94. The number of hydrogen-bond acceptors (Lipinski definition) is 2. The van der Waals surface area contributed by atoms with Gasteiger partial charge in [-0.15, -0.1) is 0 Å². The van der Waals surface area contributed by atoms with E-state index < -0.39 is 0 Å². The van der Waals surface area contributed by atoms with Crippen LogP contribution >= 0.6 is 0 Å². The molecular weight excluding hydrogens is 240 g/mol. The molecule has 0 saturated carbocycles. The molecule has 0 bridgehead atoms. The summed E-state index contributed by atoms with van der Waals surface area (Å²) in [6.45, 7) is 5.57. The summed E-state index contributed by atoms with van der Waals surface area (Å²) in [5.41, 5.74) is 3.20. The number of ether oxygens (including phenoxy) is 1. The van der Waals surface area contributed by atoms with Crippen LogP contribution in [0.15, 0.2) is 18.2 Å². The summed E-state index contributed by atoms with van der Waals surface area (Å²) in [5, 5.41) is 5.94. The van der Waals surface area contributed by atoms with Gasteiger partial charge in [0.25, 0.3) is 0 Å². The van der Waals surface area contributed by atoms with E-state index in [1.54, 1.807) is 0 Å². The normalized spacial score (nSPS) is 16.1. The molecule has 0 atom stereocenters. The summed E-state index contributed by atoms with van der Waals surface area (Å²) >= 11 is 0. The van der Waals surface area contributed by atoms with E-state index in [2.05, 4.69) is 23.6 Å². The molecule has 0 aromatic heterocycles. The molecule has 2 amide bonds. The lowest BCUT2D eigenvalue weighted by Crippen LogP contribution is -2.41. The molecule has 1 aliphatic heterocycles. The lowest BCUT2D eigenvalue weighted by atomic mass is 10.1. The van der Waals surface area contributed by atoms with E-state index in [9.17, 15) is 4.79 Å². The maximum absolute atomic E-state index is 12.0. The number of nitrogens with one attached hydrogen (secondary N) is 2. The number of carbonyl (C=O) groups excluding carboxylic acids is 1. The van der Waals surface area contributed by atoms with Crippen molar-refractivity contribution in [3.8, 4) is 0 Å². The van der Waals surface area contributed by atoms with Crippen LogP contribution in [0, 0.1) is 6.92 Å². The highest BCUT2D eigenvalue weighted by atomic mass is 16.5. The highest BCUT2D eigenvalue weighted by Crippen LogP contribution is 2.17. The molecule has 1 aliphatic rings. The number of anilines is 1. The zero-order valence-corrected chi connectivity index (χ0v) is 11.7. The maximum Gasteiger partial charge on any atom is 0.319 e. The molecule has 0 spiro atoms. The Kier molecular flexibility index (Phi) is 4.80. The average molecular weight is 262 g/mol. The van der Waals surface area contributed by atoms with Gasteiger partial charge in [0.15, 0.2) is 0 Å². The van der Waals surface area contributed by atoms with Crippen molar-refractivity contribution in [2.45, 2.75) is 39.2 Å². The van der Waals surface area contributed by atoms with Gasteiger partial charge in [0.2, 0.25) is 0 Å². The van der Waals surface area contributed by atoms with Crippen LogP contribution in [0.4, 0.5) is 10.5 Å². The Bertz CT molecular complexity index is 440. The fraction of sp³-hybridized carbons (Fsp3) is 0.533. The third-order valence-corrected chi connectivity index (χ3v) is 3.51. The van der Waals surface area contributed by atoms with Crippen LogP contribution < -0.4 is 10.6 Å². The van der Waals surface area contributed by atoms with Crippen molar-refractivity contribution in [1.29, 1.82) is 0 Å². The van der Waals surface area contributed by atoms with Crippen molar-refractivity contribution in [2.24, 2.45) is 0 Å². The fourth-order valence-corrected chi connectivity index (χ4v) is 2.21. The Labute approximate surface area is 114 Å². The molecule has 0 aliphatic carbocycles. The molecule has 4 nitrogen and oxygen atoms in total. The first-order valence-electron chi connectivity index (χ1n) is 6.94. The number of carbonyl (C=O) groups is 1. The van der Waals surface area contributed by atoms with Crippen LogP contribution in [0.5, 0.6) is 0 Å². The van der Waals surface area contributed by atoms with E-state index in [0.29, 0.717) is 0 Å². The van der Waals surface area contributed by atoms with Crippen molar-refractivity contribution in [3.05, 3.63) is 29.3 Å². The number of benzene rings is 1. The van der Waals surface area contributed by atoms with Gasteiger partial charge in [-0.2, -0.15) is 0 Å². The van der Waals surface area contributed by atoms with Crippen molar-refractivity contribution in [1.82, 2.24) is 5.32 Å². The van der Waals surface area contributed by atoms with Crippen LogP contribution in [0.1, 0.15) is 30.9 Å². The Morgan fingerprint density at radius 1 is 1.37 bits per heavy atom. The van der Waals surface area contributed by atoms with Gasteiger partial charge >= 0.3 is 6.03 Å². The minimum Gasteiger partial charge on any atom is -0.381 e. The molecule has 1 saturated heterocycles. The van der Waals surface area contributed by atoms with Crippen molar-refractivity contribution < 1.29 is 9.53 Å². The SMILES string of the molecule is CCc1ccc(C)c(NC(=O)NC2CCOCC2)c1. The summed E-state index contributed by atoms with van der Waals surface area (Å²) in [4.78, 5) is 12.0. The second kappa shape index (κ2) is 6.57. The highest BCUT2D eigenvalue weighted by molar-refractivity contribution is 5.90. The maximum atomic E-state index is 12.0. The van der Waals surface area contributed by atoms with Gasteiger partial charge in [-0.05, 0) is 43.4 Å². The third kappa shape index (κ3) is 3.96. The first-order chi connectivity index (χ1) is 9.19. The summed E-state index contributed by atoms with van der Waals surface area (Å²) < 4.78 is 5.28. The summed E-state index contributed by atoms with van der Waals surface area (Å²) in [7, 11) is 0. The van der Waals surface area contributed by atoms with Crippen molar-refractivity contribution >= 4 is 11.7 Å². The van der Waals surface area contributed by atoms with Crippen LogP contribution in [-0.2, 0) is 11.2 Å². The smallest absolute Gasteiger partial charge is 0.319 e. The minimum absolute atomic E-state index is 0.122. The Morgan fingerprint density at radius 3 is 2.79 bits per heavy atom. The molecule has 0 unspecified atom stereocenters. The largest absolute Gasteiger partial charge is 0.381 e. The molecule has 0 radical (unpaired) electrons. The van der Waals surface area contributed by atoms with Crippen LogP contribution in [-0.4, -0.2) is 25.3 Å². The molecular formula is C15H22N2O2. The molecule has 1 aromatic carbocycles. The molecule has 19 heavy (non-hydrogen) atoms. The van der Waals surface area contributed by atoms with E-state index in [1.807, 2.05) is 19.1 Å². The molecule has 1 heterocycles. The zero-order chi connectivity index (χ0) is 13.7. The number of amides is 2. The van der Waals surface area contributed by atoms with Crippen molar-refractivity contribution in [3.63, 3.8) is 0 Å². The van der Waals surface area contributed by atoms with Gasteiger partial charge in [0.1, 0.15) is 0 Å². The van der Waals surface area contributed by atoms with Gasteiger partial charge in [0, 0.05) is 24.9 Å². The first-order valence-corrected chi connectivity index (χ1v) is 6.94. The number of hydrogen-bond donors (Lipinski definition) is 2. The van der Waals surface area contributed by atoms with Gasteiger partial charge in [-0.1, -0.05) is 19.1 Å². The van der Waals surface area contributed by atoms with E-state index in [4.69, 9.17) is 4.74 Å². The quantitative estimate of drug-likeness (QED) is 0.880. The predicted molar refractivity (Wildman–Crippen MR) is 76.6 cm³/mol. The highest BCUT2D eigenvalue weighted by Gasteiger charge is 2.16. The fourth-order valence-electron chi connectivity index (χ4n) is 2.21. The summed E-state index contributed by atoms with van der Waals surface area (Å²) in [6, 6.07) is 6.28. The van der Waals surface area contributed by atoms with E-state index in [0.717, 1.165) is 43.7 Å². The molecule has 2 N–H and O–H groups in total. The lowest BCUT2D eigenvalue weighted by Gasteiger charge is -2.23. The van der Waals surface area contributed by atoms with Crippen LogP contribution in [0.2, 0.25) is 0 Å². The van der Waals surface area contributed by atoms with Gasteiger partial charge in [-0.3, -0.25) is 0 Å². The van der Waals surface area contributed by atoms with E-state index >= 15 is 0 Å². The topological polar surface area (TPSA) is 50.4 Å². The minimum atomic E-state index is -0.122. The van der Waals surface area contributed by atoms with Gasteiger partial charge in [0.05, 0.1) is 0 Å². The molecule has 1 fully saturated rings. The molecule has 2 rings (SSSR count). The second-order valence-electron chi connectivity index (χ2n) is 4.99. The summed E-state index contributed by atoms with van der Waals surface area (Å²) in [6.07, 6.45) is 2.75. The van der Waals surface area contributed by atoms with E-state index in [1.165, 1.54) is 5.56 Å². The monoisotopic (exact) mass is 262 g/mol. The average Bonchev–Trinajstić information content (AvgIpc) is 2.42. The standard InChI is InChI=1S/C15H22N2O2/c1-3-12-5-4-11(2)14(10-12)17-15(18)16-13-6-8-19-9-7-13/h4-5,10,13H,3,6-9H2,1-2H3,(H2,16,17,18).